The lowest BCUT2D eigenvalue weighted by molar-refractivity contribution is -0.117. The summed E-state index contributed by atoms with van der Waals surface area (Å²) in [6, 6.07) is 12.0. The van der Waals surface area contributed by atoms with Gasteiger partial charge in [0, 0.05) is 24.8 Å². The Labute approximate surface area is 164 Å². The minimum absolute atomic E-state index is 0.101. The first-order chi connectivity index (χ1) is 13.3. The van der Waals surface area contributed by atoms with Crippen LogP contribution >= 0.6 is 0 Å². The fourth-order valence-corrected chi connectivity index (χ4v) is 4.40. The molecule has 2 N–H and O–H groups in total. The van der Waals surface area contributed by atoms with Crippen LogP contribution in [0.4, 0.5) is 10.1 Å². The number of sulfonamides is 1. The summed E-state index contributed by atoms with van der Waals surface area (Å²) < 4.78 is 45.9. The lowest BCUT2D eigenvalue weighted by Gasteiger charge is -2.13. The van der Waals surface area contributed by atoms with E-state index in [1.165, 1.54) is 37.4 Å². The maximum absolute atomic E-state index is 13.8. The summed E-state index contributed by atoms with van der Waals surface area (Å²) in [5, 5.41) is 2.77. The number of rotatable bonds is 8. The van der Waals surface area contributed by atoms with Crippen LogP contribution < -0.4 is 10.0 Å². The summed E-state index contributed by atoms with van der Waals surface area (Å²) >= 11 is 0. The molecule has 0 bridgehead atoms. The van der Waals surface area contributed by atoms with Gasteiger partial charge in [-0.3, -0.25) is 4.79 Å². The molecular formula is C20H23FN2O4S. The molecule has 0 spiro atoms. The number of halogens is 1. The first-order valence-corrected chi connectivity index (χ1v) is 10.5. The van der Waals surface area contributed by atoms with Gasteiger partial charge in [-0.1, -0.05) is 18.2 Å². The van der Waals surface area contributed by atoms with Gasteiger partial charge in [-0.25, -0.2) is 17.5 Å². The Morgan fingerprint density at radius 3 is 2.54 bits per heavy atom. The number of carbonyl (C=O) groups excluding carboxylic acids is 1. The maximum atomic E-state index is 13.8. The van der Waals surface area contributed by atoms with Crippen LogP contribution in [-0.4, -0.2) is 34.1 Å². The highest BCUT2D eigenvalue weighted by atomic mass is 32.2. The molecule has 2 aromatic carbocycles. The molecule has 0 heterocycles. The standard InChI is InChI=1S/C20H23FN2O4S/c1-13(12-27-2)23-28(25,26)15-9-7-14(8-10-15)22-20(24)18-11-17(18)16-5-3-4-6-19(16)21/h3-10,13,17-18,23H,11-12H2,1-2H3,(H,22,24). The van der Waals surface area contributed by atoms with Crippen molar-refractivity contribution in [1.29, 1.82) is 0 Å². The third kappa shape index (κ3) is 4.76. The van der Waals surface area contributed by atoms with E-state index >= 15 is 0 Å². The summed E-state index contributed by atoms with van der Waals surface area (Å²) in [7, 11) is -2.17. The second kappa shape index (κ2) is 8.38. The van der Waals surface area contributed by atoms with Gasteiger partial charge in [-0.2, -0.15) is 0 Å². The first-order valence-electron chi connectivity index (χ1n) is 8.98. The van der Waals surface area contributed by atoms with Gasteiger partial charge < -0.3 is 10.1 Å². The van der Waals surface area contributed by atoms with Crippen molar-refractivity contribution < 1.29 is 22.3 Å². The molecule has 0 aromatic heterocycles. The summed E-state index contributed by atoms with van der Waals surface area (Å²) in [5.41, 5.74) is 1.05. The number of anilines is 1. The number of hydrogen-bond acceptors (Lipinski definition) is 4. The van der Waals surface area contributed by atoms with Gasteiger partial charge in [0.15, 0.2) is 0 Å². The molecule has 1 aliphatic carbocycles. The molecule has 6 nitrogen and oxygen atoms in total. The van der Waals surface area contributed by atoms with Gasteiger partial charge in [0.1, 0.15) is 5.82 Å². The van der Waals surface area contributed by atoms with Crippen molar-refractivity contribution >= 4 is 21.6 Å². The van der Waals surface area contributed by atoms with Crippen LogP contribution in [0.15, 0.2) is 53.4 Å². The van der Waals surface area contributed by atoms with Crippen molar-refractivity contribution in [2.75, 3.05) is 19.0 Å². The lowest BCUT2D eigenvalue weighted by atomic mass is 10.1. The number of ether oxygens (including phenoxy) is 1. The molecule has 8 heteroatoms. The monoisotopic (exact) mass is 406 g/mol. The molecule has 0 saturated heterocycles. The van der Waals surface area contributed by atoms with Crippen molar-refractivity contribution in [2.24, 2.45) is 5.92 Å². The van der Waals surface area contributed by atoms with Crippen molar-refractivity contribution in [1.82, 2.24) is 4.72 Å². The van der Waals surface area contributed by atoms with Gasteiger partial charge in [0.2, 0.25) is 15.9 Å². The molecule has 1 saturated carbocycles. The van der Waals surface area contributed by atoms with E-state index in [0.717, 1.165) is 0 Å². The van der Waals surface area contributed by atoms with Gasteiger partial charge in [-0.05, 0) is 55.2 Å². The van der Waals surface area contributed by atoms with Crippen molar-refractivity contribution in [3.8, 4) is 0 Å². The zero-order chi connectivity index (χ0) is 20.3. The molecule has 0 aliphatic heterocycles. The lowest BCUT2D eigenvalue weighted by Crippen LogP contribution is -2.35. The highest BCUT2D eigenvalue weighted by molar-refractivity contribution is 7.89. The Hall–Kier alpha value is -2.29. The summed E-state index contributed by atoms with van der Waals surface area (Å²) in [6.45, 7) is 1.97. The number of nitrogens with one attached hydrogen (secondary N) is 2. The van der Waals surface area contributed by atoms with Crippen LogP contribution in [0, 0.1) is 11.7 Å². The number of carbonyl (C=O) groups is 1. The second-order valence-corrected chi connectivity index (χ2v) is 8.68. The average molecular weight is 406 g/mol. The van der Waals surface area contributed by atoms with E-state index in [1.807, 2.05) is 0 Å². The van der Waals surface area contributed by atoms with Crippen LogP contribution in [0.3, 0.4) is 0 Å². The largest absolute Gasteiger partial charge is 0.383 e. The highest BCUT2D eigenvalue weighted by Crippen LogP contribution is 2.48. The van der Waals surface area contributed by atoms with Crippen molar-refractivity contribution in [3.63, 3.8) is 0 Å². The van der Waals surface area contributed by atoms with E-state index in [1.54, 1.807) is 25.1 Å². The quantitative estimate of drug-likeness (QED) is 0.706. The number of methoxy groups -OCH3 is 1. The third-order valence-corrected chi connectivity index (χ3v) is 6.24. The molecule has 1 fully saturated rings. The fraction of sp³-hybridized carbons (Fsp3) is 0.350. The van der Waals surface area contributed by atoms with E-state index < -0.39 is 10.0 Å². The van der Waals surface area contributed by atoms with E-state index in [2.05, 4.69) is 10.0 Å². The zero-order valence-corrected chi connectivity index (χ0v) is 16.5. The zero-order valence-electron chi connectivity index (χ0n) is 15.7. The summed E-state index contributed by atoms with van der Waals surface area (Å²) in [4.78, 5) is 12.5. The summed E-state index contributed by atoms with van der Waals surface area (Å²) in [6.07, 6.45) is 0.598. The smallest absolute Gasteiger partial charge is 0.240 e. The van der Waals surface area contributed by atoms with Crippen LogP contribution in [-0.2, 0) is 19.6 Å². The Balaban J connectivity index is 1.60. The van der Waals surface area contributed by atoms with Gasteiger partial charge >= 0.3 is 0 Å². The molecule has 0 radical (unpaired) electrons. The number of benzene rings is 2. The number of hydrogen-bond donors (Lipinski definition) is 2. The predicted molar refractivity (Wildman–Crippen MR) is 104 cm³/mol. The fourth-order valence-electron chi connectivity index (χ4n) is 3.17. The Bertz CT molecular complexity index is 947. The molecule has 150 valence electrons. The van der Waals surface area contributed by atoms with Crippen LogP contribution in [0.5, 0.6) is 0 Å². The van der Waals surface area contributed by atoms with Crippen molar-refractivity contribution in [3.05, 3.63) is 59.9 Å². The molecule has 1 amide bonds. The van der Waals surface area contributed by atoms with Crippen LogP contribution in [0.1, 0.15) is 24.8 Å². The van der Waals surface area contributed by atoms with Gasteiger partial charge in [-0.15, -0.1) is 0 Å². The molecule has 3 atom stereocenters. The maximum Gasteiger partial charge on any atom is 0.240 e. The van der Waals surface area contributed by atoms with Gasteiger partial charge in [0.05, 0.1) is 11.5 Å². The number of amides is 1. The van der Waals surface area contributed by atoms with Gasteiger partial charge in [0.25, 0.3) is 0 Å². The minimum Gasteiger partial charge on any atom is -0.383 e. The molecule has 3 unspecified atom stereocenters. The van der Waals surface area contributed by atoms with Crippen LogP contribution in [0.2, 0.25) is 0 Å². The van der Waals surface area contributed by atoms with Crippen LogP contribution in [0.25, 0.3) is 0 Å². The normalized spacial score (nSPS) is 19.8. The topological polar surface area (TPSA) is 84.5 Å². The predicted octanol–water partition coefficient (Wildman–Crippen LogP) is 2.88. The third-order valence-electron chi connectivity index (χ3n) is 4.64. The van der Waals surface area contributed by atoms with Crippen molar-refractivity contribution in [2.45, 2.75) is 30.2 Å². The van der Waals surface area contributed by atoms with E-state index in [9.17, 15) is 17.6 Å². The molecule has 3 rings (SSSR count). The molecular weight excluding hydrogens is 383 g/mol. The Morgan fingerprint density at radius 2 is 1.89 bits per heavy atom. The minimum atomic E-state index is -3.66. The van der Waals surface area contributed by atoms with E-state index in [0.29, 0.717) is 17.7 Å². The Kier molecular flexibility index (Phi) is 6.12. The Morgan fingerprint density at radius 1 is 1.21 bits per heavy atom. The molecule has 28 heavy (non-hydrogen) atoms. The molecule has 2 aromatic rings. The first kappa shape index (κ1) is 20.4. The average Bonchev–Trinajstić information content (AvgIpc) is 3.43. The van der Waals surface area contributed by atoms with E-state index in [4.69, 9.17) is 4.74 Å². The second-order valence-electron chi connectivity index (χ2n) is 6.96. The highest BCUT2D eigenvalue weighted by Gasteiger charge is 2.45. The van der Waals surface area contributed by atoms with E-state index in [-0.39, 0.29) is 41.1 Å². The molecule has 1 aliphatic rings. The SMILES string of the molecule is COCC(C)NS(=O)(=O)c1ccc(NC(=O)C2CC2c2ccccc2F)cc1. The summed E-state index contributed by atoms with van der Waals surface area (Å²) in [5.74, 6) is -0.896.